The Morgan fingerprint density at radius 2 is 1.59 bits per heavy atom. The third kappa shape index (κ3) is 7.50. The molecule has 0 bridgehead atoms. The van der Waals surface area contributed by atoms with E-state index < -0.39 is 33.8 Å². The van der Waals surface area contributed by atoms with E-state index in [1.807, 2.05) is 6.92 Å². The number of nitrogens with zero attached hydrogens (tertiary/aromatic N) is 1. The van der Waals surface area contributed by atoms with E-state index in [9.17, 15) is 31.5 Å². The Morgan fingerprint density at radius 1 is 0.951 bits per heavy atom. The molecule has 8 nitrogen and oxygen atoms in total. The lowest BCUT2D eigenvalue weighted by molar-refractivity contribution is -0.140. The van der Waals surface area contributed by atoms with E-state index >= 15 is 0 Å². The van der Waals surface area contributed by atoms with Gasteiger partial charge in [-0.15, -0.1) is 0 Å². The molecule has 1 saturated heterocycles. The molecule has 0 aliphatic carbocycles. The molecule has 1 N–H and O–H groups in total. The average Bonchev–Trinajstić information content (AvgIpc) is 3.44. The first-order valence-electron chi connectivity index (χ1n) is 13.1. The van der Waals surface area contributed by atoms with Gasteiger partial charge in [0.2, 0.25) is 10.0 Å². The maximum absolute atomic E-state index is 12.9. The molecule has 0 radical (unpaired) electrons. The maximum Gasteiger partial charge on any atom is 0.416 e. The predicted molar refractivity (Wildman–Crippen MR) is 144 cm³/mol. The third-order valence-corrected chi connectivity index (χ3v) is 8.42. The first-order valence-corrected chi connectivity index (χ1v) is 14.5. The van der Waals surface area contributed by atoms with Crippen molar-refractivity contribution in [1.29, 1.82) is 0 Å². The topological polar surface area (TPSA) is 102 Å². The van der Waals surface area contributed by atoms with Gasteiger partial charge in [-0.2, -0.15) is 17.5 Å². The summed E-state index contributed by atoms with van der Waals surface area (Å²) < 4.78 is 82.5. The number of carboxylic acid groups (broad SMARTS) is 1. The van der Waals surface area contributed by atoms with Gasteiger partial charge in [-0.3, -0.25) is 4.79 Å². The van der Waals surface area contributed by atoms with E-state index in [1.165, 1.54) is 36.4 Å². The van der Waals surface area contributed by atoms with Crippen LogP contribution < -0.4 is 14.2 Å². The Morgan fingerprint density at radius 3 is 2.22 bits per heavy atom. The SMILES string of the molecule is CCCc1cc(Oc2ccc(C(F)(F)F)cc2)ccc1OCCOc1ccc(S(=O)(=O)N2CCCC2C(=O)O)cc1. The van der Waals surface area contributed by atoms with Crippen molar-refractivity contribution in [3.63, 3.8) is 0 Å². The van der Waals surface area contributed by atoms with E-state index in [0.29, 0.717) is 30.1 Å². The second kappa shape index (κ2) is 12.8. The van der Waals surface area contributed by atoms with Crippen LogP contribution in [0.2, 0.25) is 0 Å². The van der Waals surface area contributed by atoms with Crippen molar-refractivity contribution in [2.75, 3.05) is 19.8 Å². The van der Waals surface area contributed by atoms with Crippen LogP contribution >= 0.6 is 0 Å². The van der Waals surface area contributed by atoms with Crippen molar-refractivity contribution >= 4 is 16.0 Å². The number of hydrogen-bond acceptors (Lipinski definition) is 6. The largest absolute Gasteiger partial charge is 0.490 e. The number of aliphatic carboxylic acids is 1. The standard InChI is InChI=1S/C29H30F3NO7S/c1-2-4-20-19-24(40-23-8-6-21(7-9-23)29(30,31)32)12-15-27(20)39-18-17-38-22-10-13-25(14-11-22)41(36,37)33-16-3-5-26(33)28(34)35/h6-15,19,26H,2-5,16-18H2,1H3,(H,34,35). The molecule has 12 heteroatoms. The summed E-state index contributed by atoms with van der Waals surface area (Å²) in [7, 11) is -3.94. The summed E-state index contributed by atoms with van der Waals surface area (Å²) in [6, 6.07) is 14.4. The normalized spacial score (nSPS) is 16.0. The van der Waals surface area contributed by atoms with Gasteiger partial charge < -0.3 is 19.3 Å². The van der Waals surface area contributed by atoms with Crippen molar-refractivity contribution in [2.45, 2.75) is 49.7 Å². The molecule has 3 aromatic carbocycles. The quantitative estimate of drug-likeness (QED) is 0.252. The Labute approximate surface area is 236 Å². The summed E-state index contributed by atoms with van der Waals surface area (Å²) in [6.45, 7) is 2.54. The lowest BCUT2D eigenvalue weighted by atomic mass is 10.1. The molecule has 4 rings (SSSR count). The minimum Gasteiger partial charge on any atom is -0.490 e. The molecular weight excluding hydrogens is 563 g/mol. The van der Waals surface area contributed by atoms with Crippen LogP contribution in [0.5, 0.6) is 23.0 Å². The van der Waals surface area contributed by atoms with Gasteiger partial charge in [0.05, 0.1) is 10.5 Å². The second-order valence-electron chi connectivity index (χ2n) is 9.42. The number of halogens is 3. The number of ether oxygens (including phenoxy) is 3. The van der Waals surface area contributed by atoms with Crippen LogP contribution in [-0.2, 0) is 27.4 Å². The highest BCUT2D eigenvalue weighted by Gasteiger charge is 2.39. The van der Waals surface area contributed by atoms with Crippen LogP contribution in [0, 0.1) is 0 Å². The van der Waals surface area contributed by atoms with Crippen molar-refractivity contribution in [3.8, 4) is 23.0 Å². The van der Waals surface area contributed by atoms with Gasteiger partial charge in [-0.25, -0.2) is 8.42 Å². The third-order valence-electron chi connectivity index (χ3n) is 6.50. The van der Waals surface area contributed by atoms with Gasteiger partial charge in [0.1, 0.15) is 42.3 Å². The number of carbonyl (C=O) groups is 1. The van der Waals surface area contributed by atoms with Gasteiger partial charge in [0, 0.05) is 6.54 Å². The zero-order valence-corrected chi connectivity index (χ0v) is 23.1. The predicted octanol–water partition coefficient (Wildman–Crippen LogP) is 6.15. The van der Waals surface area contributed by atoms with Crippen molar-refractivity contribution in [2.24, 2.45) is 0 Å². The summed E-state index contributed by atoms with van der Waals surface area (Å²) in [5.74, 6) is 0.640. The zero-order valence-electron chi connectivity index (χ0n) is 22.3. The van der Waals surface area contributed by atoms with Crippen molar-refractivity contribution < 1.29 is 45.7 Å². The summed E-state index contributed by atoms with van der Waals surface area (Å²) in [4.78, 5) is 11.4. The van der Waals surface area contributed by atoms with Crippen LogP contribution in [0.3, 0.4) is 0 Å². The van der Waals surface area contributed by atoms with Crippen LogP contribution in [0.1, 0.15) is 37.3 Å². The lowest BCUT2D eigenvalue weighted by Gasteiger charge is -2.21. The van der Waals surface area contributed by atoms with Crippen molar-refractivity contribution in [3.05, 3.63) is 77.9 Å². The second-order valence-corrected chi connectivity index (χ2v) is 11.3. The highest BCUT2D eigenvalue weighted by molar-refractivity contribution is 7.89. The minimum absolute atomic E-state index is 0.00272. The summed E-state index contributed by atoms with van der Waals surface area (Å²) in [6.07, 6.45) is -2.12. The molecule has 1 fully saturated rings. The fourth-order valence-corrected chi connectivity index (χ4v) is 6.15. The summed E-state index contributed by atoms with van der Waals surface area (Å²) in [5, 5.41) is 9.32. The van der Waals surface area contributed by atoms with Gasteiger partial charge in [-0.1, -0.05) is 13.3 Å². The fraction of sp³-hybridized carbons (Fsp3) is 0.345. The van der Waals surface area contributed by atoms with Crippen molar-refractivity contribution in [1.82, 2.24) is 4.31 Å². The van der Waals surface area contributed by atoms with E-state index in [-0.39, 0.29) is 36.8 Å². The number of hydrogen-bond donors (Lipinski definition) is 1. The molecule has 1 aliphatic rings. The molecule has 0 saturated carbocycles. The van der Waals surface area contributed by atoms with E-state index in [2.05, 4.69) is 0 Å². The van der Waals surface area contributed by atoms with Crippen LogP contribution in [0.4, 0.5) is 13.2 Å². The smallest absolute Gasteiger partial charge is 0.416 e. The summed E-state index contributed by atoms with van der Waals surface area (Å²) in [5.41, 5.74) is 0.118. The van der Waals surface area contributed by atoms with Gasteiger partial charge in [0.25, 0.3) is 0 Å². The monoisotopic (exact) mass is 593 g/mol. The molecule has 1 aliphatic heterocycles. The number of carboxylic acids is 1. The average molecular weight is 594 g/mol. The number of aryl methyl sites for hydroxylation is 1. The fourth-order valence-electron chi connectivity index (χ4n) is 4.50. The van der Waals surface area contributed by atoms with E-state index in [1.54, 1.807) is 18.2 Å². The van der Waals surface area contributed by atoms with Gasteiger partial charge >= 0.3 is 12.1 Å². The maximum atomic E-state index is 12.9. The molecular formula is C29H30F3NO7S. The number of rotatable bonds is 12. The molecule has 0 aromatic heterocycles. The van der Waals surface area contributed by atoms with E-state index in [0.717, 1.165) is 28.4 Å². The Bertz CT molecular complexity index is 1440. The lowest BCUT2D eigenvalue weighted by Crippen LogP contribution is -2.40. The van der Waals surface area contributed by atoms with Gasteiger partial charge in [0.15, 0.2) is 0 Å². The molecule has 220 valence electrons. The van der Waals surface area contributed by atoms with Crippen LogP contribution in [0.15, 0.2) is 71.6 Å². The zero-order chi connectivity index (χ0) is 29.6. The van der Waals surface area contributed by atoms with Crippen LogP contribution in [0.25, 0.3) is 0 Å². The number of alkyl halides is 3. The Balaban J connectivity index is 1.32. The van der Waals surface area contributed by atoms with Gasteiger partial charge in [-0.05, 0) is 91.6 Å². The molecule has 0 spiro atoms. The Kier molecular flexibility index (Phi) is 9.44. The molecule has 1 unspecified atom stereocenters. The van der Waals surface area contributed by atoms with Crippen LogP contribution in [-0.4, -0.2) is 49.6 Å². The number of benzene rings is 3. The molecule has 1 heterocycles. The number of sulfonamides is 1. The minimum atomic E-state index is -4.42. The van der Waals surface area contributed by atoms with E-state index in [4.69, 9.17) is 14.2 Å². The molecule has 0 amide bonds. The molecule has 1 atom stereocenters. The summed E-state index contributed by atoms with van der Waals surface area (Å²) >= 11 is 0. The Hall–Kier alpha value is -3.77. The first-order chi connectivity index (χ1) is 19.5. The first kappa shape index (κ1) is 30.2. The highest BCUT2D eigenvalue weighted by atomic mass is 32.2. The molecule has 41 heavy (non-hydrogen) atoms. The highest BCUT2D eigenvalue weighted by Crippen LogP contribution is 2.33. The molecule has 3 aromatic rings.